The molecule has 7 aliphatic rings. The van der Waals surface area contributed by atoms with Gasteiger partial charge >= 0.3 is 0 Å². The van der Waals surface area contributed by atoms with Crippen LogP contribution in [0.3, 0.4) is 0 Å². The standard InChI is InChI=1S/C54H93N9O12S3/c1-34-46(77-33-57-34)38-15-11-35(12-16-38)26-56-51(69)44-25-41(64)28-63(44)52(70)47(54(2,3)4)60-45(65)31-74-24-23-73-22-20-55-48(66)39-17-13-36(14-18-39)29-75-30-42(58-49(67)40-19-21-62(27-40)78(5,71)72)50(68)61-53-59-43(32-76-53)37-9-7-6-8-10-37/h34-44,46-47,53,57,59,64H,6-33H2,1-5H3,(H,55,66)(H,56,69)(H,58,67)(H,60,65)(H,61,68)/t34?,35?,36?,38?,39?,40?,41-,42+,43?,44+,46?,47-,53?/m1/s1. The van der Waals surface area contributed by atoms with Crippen molar-refractivity contribution in [2.24, 2.45) is 40.9 Å². The van der Waals surface area contributed by atoms with Crippen LogP contribution in [0, 0.1) is 40.9 Å². The van der Waals surface area contributed by atoms with E-state index in [1.807, 2.05) is 32.5 Å². The van der Waals surface area contributed by atoms with Crippen molar-refractivity contribution in [1.82, 2.24) is 46.4 Å². The lowest BCUT2D eigenvalue weighted by molar-refractivity contribution is -0.144. The summed E-state index contributed by atoms with van der Waals surface area (Å²) in [5.74, 6) is 1.07. The smallest absolute Gasteiger partial charge is 0.246 e. The maximum atomic E-state index is 14.0. The van der Waals surface area contributed by atoms with Gasteiger partial charge in [0.25, 0.3) is 0 Å². The Balaban J connectivity index is 0.748. The fourth-order valence-corrected chi connectivity index (χ4v) is 16.1. The molecule has 0 spiro atoms. The molecular weight excluding hydrogens is 1060 g/mol. The van der Waals surface area contributed by atoms with E-state index in [1.165, 1.54) is 41.3 Å². The number of nitrogens with zero attached hydrogens (tertiary/aromatic N) is 2. The highest BCUT2D eigenvalue weighted by atomic mass is 32.2. The second-order valence-corrected chi connectivity index (χ2v) is 28.6. The van der Waals surface area contributed by atoms with Crippen LogP contribution in [0.2, 0.25) is 0 Å². The number of rotatable bonds is 25. The molecule has 3 aliphatic carbocycles. The molecule has 7 fully saturated rings. The number of thioether (sulfide) groups is 2. The van der Waals surface area contributed by atoms with Gasteiger partial charge in [0.2, 0.25) is 45.5 Å². The second kappa shape index (κ2) is 30.0. The number of ether oxygens (including phenoxy) is 3. The summed E-state index contributed by atoms with van der Waals surface area (Å²) in [6, 6.07) is -1.90. The molecule has 5 unspecified atom stereocenters. The first kappa shape index (κ1) is 62.8. The zero-order chi connectivity index (χ0) is 56.0. The molecule has 0 aromatic carbocycles. The number of carbonyl (C=O) groups is 6. The van der Waals surface area contributed by atoms with Gasteiger partial charge in [0, 0.05) is 80.6 Å². The Hall–Kier alpha value is -2.81. The lowest BCUT2D eigenvalue weighted by Crippen LogP contribution is -2.58. The van der Waals surface area contributed by atoms with Crippen molar-refractivity contribution >= 4 is 69.0 Å². The van der Waals surface area contributed by atoms with Crippen LogP contribution < -0.4 is 37.2 Å². The highest BCUT2D eigenvalue weighted by Crippen LogP contribution is 2.39. The van der Waals surface area contributed by atoms with Crippen LogP contribution in [0.4, 0.5) is 0 Å². The van der Waals surface area contributed by atoms with Crippen molar-refractivity contribution in [3.05, 3.63) is 0 Å². The summed E-state index contributed by atoms with van der Waals surface area (Å²) in [6.07, 6.45) is 14.2. The van der Waals surface area contributed by atoms with Crippen molar-refractivity contribution in [2.75, 3.05) is 90.3 Å². The van der Waals surface area contributed by atoms with Gasteiger partial charge in [-0.05, 0) is 107 Å². The molecule has 21 nitrogen and oxygen atoms in total. The first-order valence-corrected chi connectivity index (χ1v) is 33.0. The minimum Gasteiger partial charge on any atom is -0.391 e. The molecule has 4 saturated heterocycles. The van der Waals surface area contributed by atoms with Crippen molar-refractivity contribution in [2.45, 2.75) is 171 Å². The molecule has 0 bridgehead atoms. The topological polar surface area (TPSA) is 275 Å². The Kier molecular flexibility index (Phi) is 24.1. The van der Waals surface area contributed by atoms with E-state index in [2.05, 4.69) is 44.1 Å². The van der Waals surface area contributed by atoms with Crippen LogP contribution in [-0.2, 0) is 53.0 Å². The predicted octanol–water partition coefficient (Wildman–Crippen LogP) is 1.88. The molecular formula is C54H93N9O12S3. The lowest BCUT2D eigenvalue weighted by Gasteiger charge is -2.36. The molecule has 24 heteroatoms. The summed E-state index contributed by atoms with van der Waals surface area (Å²) in [4.78, 5) is 82.3. The third-order valence-corrected chi connectivity index (χ3v) is 21.2. The second-order valence-electron chi connectivity index (χ2n) is 24.3. The molecule has 6 amide bonds. The van der Waals surface area contributed by atoms with Crippen LogP contribution in [0.25, 0.3) is 0 Å². The fraction of sp³-hybridized carbons (Fsp3) is 0.889. The summed E-state index contributed by atoms with van der Waals surface area (Å²) in [5.41, 5.74) is -0.978. The SMILES string of the molecule is CC1NCSC1C1CCC(CNC(=O)[C@@H]2C[C@@H](O)CN2C(=O)[C@@H](NC(=O)COCCOCCNC(=O)C2CCC(COC[C@H](NC(=O)C3CCN(S(C)(=O)=O)C3)C(=O)NC3NC(C4CCCCC4)CS3)CC2)C(C)(C)C)CC1. The van der Waals surface area contributed by atoms with Gasteiger partial charge in [-0.15, -0.1) is 23.5 Å². The van der Waals surface area contributed by atoms with E-state index in [9.17, 15) is 42.3 Å². The van der Waals surface area contributed by atoms with Gasteiger partial charge in [-0.1, -0.05) is 40.0 Å². The molecule has 78 heavy (non-hydrogen) atoms. The van der Waals surface area contributed by atoms with Gasteiger partial charge in [0.15, 0.2) is 0 Å². The Bertz CT molecular complexity index is 2100. The monoisotopic (exact) mass is 1160 g/mol. The maximum Gasteiger partial charge on any atom is 0.246 e. The molecule has 444 valence electrons. The summed E-state index contributed by atoms with van der Waals surface area (Å²) >= 11 is 3.67. The van der Waals surface area contributed by atoms with E-state index < -0.39 is 57.4 Å². The fourth-order valence-electron chi connectivity index (χ4n) is 12.5. The molecule has 7 rings (SSSR count). The maximum absolute atomic E-state index is 14.0. The number of hydrogen-bond donors (Lipinski definition) is 8. The quantitative estimate of drug-likeness (QED) is 0.0607. The number of amides is 6. The zero-order valence-electron chi connectivity index (χ0n) is 46.9. The Morgan fingerprint density at radius 2 is 1.49 bits per heavy atom. The van der Waals surface area contributed by atoms with E-state index in [0.717, 1.165) is 56.4 Å². The highest BCUT2D eigenvalue weighted by Gasteiger charge is 2.45. The average Bonchev–Trinajstić information content (AvgIpc) is 4.27. The third-order valence-electron chi connectivity index (χ3n) is 17.3. The highest BCUT2D eigenvalue weighted by molar-refractivity contribution is 8.00. The average molecular weight is 1160 g/mol. The molecule has 4 aliphatic heterocycles. The number of sulfonamides is 1. The summed E-state index contributed by atoms with van der Waals surface area (Å²) < 4.78 is 42.9. The predicted molar refractivity (Wildman–Crippen MR) is 300 cm³/mol. The minimum absolute atomic E-state index is 0.00810. The number of β-amino-alcohol motifs (C(OH)–C–C–N with tert-alkyl or cyclic N) is 1. The molecule has 8 N–H and O–H groups in total. The van der Waals surface area contributed by atoms with Crippen LogP contribution >= 0.6 is 23.5 Å². The molecule has 0 radical (unpaired) electrons. The first-order chi connectivity index (χ1) is 37.2. The Labute approximate surface area is 472 Å². The molecule has 4 heterocycles. The van der Waals surface area contributed by atoms with Crippen molar-refractivity contribution < 1.29 is 56.5 Å². The molecule has 0 aromatic rings. The number of aliphatic hydroxyl groups excluding tert-OH is 1. The lowest BCUT2D eigenvalue weighted by atomic mass is 9.79. The van der Waals surface area contributed by atoms with Crippen LogP contribution in [-0.4, -0.2) is 195 Å². The Morgan fingerprint density at radius 1 is 0.769 bits per heavy atom. The van der Waals surface area contributed by atoms with E-state index in [0.29, 0.717) is 74.0 Å². The number of likely N-dealkylation sites (tertiary alicyclic amines) is 1. The van der Waals surface area contributed by atoms with Gasteiger partial charge in [0.1, 0.15) is 30.2 Å². The molecule has 9 atom stereocenters. The number of carbonyl (C=O) groups excluding carboxylic acids is 6. The van der Waals surface area contributed by atoms with E-state index in [4.69, 9.17) is 14.2 Å². The minimum atomic E-state index is -3.44. The summed E-state index contributed by atoms with van der Waals surface area (Å²) in [7, 11) is -3.44. The van der Waals surface area contributed by atoms with Gasteiger partial charge < -0.3 is 56.1 Å². The van der Waals surface area contributed by atoms with E-state index in [1.54, 1.807) is 11.8 Å². The third kappa shape index (κ3) is 18.6. The van der Waals surface area contributed by atoms with E-state index >= 15 is 0 Å². The number of aliphatic hydroxyl groups is 1. The van der Waals surface area contributed by atoms with Crippen molar-refractivity contribution in [3.63, 3.8) is 0 Å². The van der Waals surface area contributed by atoms with Crippen LogP contribution in [0.15, 0.2) is 0 Å². The zero-order valence-corrected chi connectivity index (χ0v) is 49.4. The molecule has 3 saturated carbocycles. The van der Waals surface area contributed by atoms with Gasteiger partial charge in [-0.3, -0.25) is 34.1 Å². The summed E-state index contributed by atoms with van der Waals surface area (Å²) in [6.45, 7) is 9.53. The van der Waals surface area contributed by atoms with Crippen LogP contribution in [0.5, 0.6) is 0 Å². The van der Waals surface area contributed by atoms with Crippen LogP contribution in [0.1, 0.15) is 124 Å². The largest absolute Gasteiger partial charge is 0.391 e. The van der Waals surface area contributed by atoms with Crippen molar-refractivity contribution in [1.29, 1.82) is 0 Å². The molecule has 0 aromatic heterocycles. The number of hydrogen-bond acceptors (Lipinski definition) is 16. The van der Waals surface area contributed by atoms with Gasteiger partial charge in [-0.2, -0.15) is 0 Å². The van der Waals surface area contributed by atoms with Crippen molar-refractivity contribution in [3.8, 4) is 0 Å². The summed E-state index contributed by atoms with van der Waals surface area (Å²) in [5, 5.41) is 33.2. The Morgan fingerprint density at radius 3 is 2.17 bits per heavy atom. The number of nitrogens with one attached hydrogen (secondary N) is 7. The normalized spacial score (nSPS) is 31.1. The van der Waals surface area contributed by atoms with E-state index in [-0.39, 0.29) is 100 Å². The first-order valence-electron chi connectivity index (χ1n) is 29.1. The van der Waals surface area contributed by atoms with Gasteiger partial charge in [0.05, 0.1) is 44.7 Å². The van der Waals surface area contributed by atoms with Gasteiger partial charge in [-0.25, -0.2) is 12.7 Å².